The summed E-state index contributed by atoms with van der Waals surface area (Å²) in [6, 6.07) is 0.346. The molecule has 1 aliphatic heterocycles. The van der Waals surface area contributed by atoms with Gasteiger partial charge in [-0.1, -0.05) is 6.92 Å². The van der Waals surface area contributed by atoms with Crippen LogP contribution < -0.4 is 10.6 Å². The van der Waals surface area contributed by atoms with Crippen molar-refractivity contribution in [1.29, 1.82) is 0 Å². The van der Waals surface area contributed by atoms with Crippen molar-refractivity contribution in [2.75, 3.05) is 39.9 Å². The molecule has 0 saturated carbocycles. The van der Waals surface area contributed by atoms with E-state index in [1.807, 2.05) is 11.8 Å². The quantitative estimate of drug-likeness (QED) is 0.236. The number of hydrogen-bond donors (Lipinski definition) is 2. The summed E-state index contributed by atoms with van der Waals surface area (Å²) in [4.78, 5) is 18.1. The molecule has 0 aromatic carbocycles. The molecule has 2 N–H and O–H groups in total. The second-order valence-electron chi connectivity index (χ2n) is 5.52. The van der Waals surface area contributed by atoms with Crippen LogP contribution in [0.5, 0.6) is 0 Å². The fourth-order valence-corrected chi connectivity index (χ4v) is 2.74. The van der Waals surface area contributed by atoms with Crippen LogP contribution in [0.3, 0.4) is 0 Å². The van der Waals surface area contributed by atoms with E-state index in [2.05, 4.69) is 22.5 Å². The van der Waals surface area contributed by atoms with Gasteiger partial charge in [0.25, 0.3) is 0 Å². The van der Waals surface area contributed by atoms with Gasteiger partial charge in [0.2, 0.25) is 5.91 Å². The number of hydrogen-bond acceptors (Lipinski definition) is 3. The van der Waals surface area contributed by atoms with E-state index in [4.69, 9.17) is 4.74 Å². The number of amides is 1. The zero-order chi connectivity index (χ0) is 16.2. The number of halogens is 1. The van der Waals surface area contributed by atoms with Crippen LogP contribution in [0.25, 0.3) is 0 Å². The molecule has 0 aromatic heterocycles. The summed E-state index contributed by atoms with van der Waals surface area (Å²) in [6.45, 7) is 8.28. The second-order valence-corrected chi connectivity index (χ2v) is 5.52. The number of nitrogens with one attached hydrogen (secondary N) is 2. The van der Waals surface area contributed by atoms with E-state index >= 15 is 0 Å². The lowest BCUT2D eigenvalue weighted by molar-refractivity contribution is -0.129. The van der Waals surface area contributed by atoms with Gasteiger partial charge in [-0.25, -0.2) is 0 Å². The van der Waals surface area contributed by atoms with Gasteiger partial charge in [-0.3, -0.25) is 9.79 Å². The normalized spacial score (nSPS) is 16.2. The first kappa shape index (κ1) is 22.4. The van der Waals surface area contributed by atoms with Crippen molar-refractivity contribution in [3.05, 3.63) is 0 Å². The van der Waals surface area contributed by atoms with Gasteiger partial charge in [-0.05, 0) is 32.6 Å². The molecule has 0 radical (unpaired) electrons. The maximum atomic E-state index is 11.8. The highest BCUT2D eigenvalue weighted by Crippen LogP contribution is 2.17. The van der Waals surface area contributed by atoms with Gasteiger partial charge in [-0.15, -0.1) is 24.0 Å². The fraction of sp³-hybridized carbons (Fsp3) is 0.875. The molecule has 0 spiro atoms. The van der Waals surface area contributed by atoms with E-state index in [1.54, 1.807) is 7.05 Å². The number of ether oxygens (including phenoxy) is 1. The Morgan fingerprint density at radius 2 is 2.09 bits per heavy atom. The number of guanidine groups is 1. The van der Waals surface area contributed by atoms with Gasteiger partial charge < -0.3 is 20.3 Å². The Bertz CT molecular complexity index is 353. The van der Waals surface area contributed by atoms with Gasteiger partial charge in [0, 0.05) is 52.4 Å². The molecular weight excluding hydrogens is 407 g/mol. The average Bonchev–Trinajstić information content (AvgIpc) is 2.95. The van der Waals surface area contributed by atoms with Crippen molar-refractivity contribution < 1.29 is 9.53 Å². The zero-order valence-electron chi connectivity index (χ0n) is 14.8. The topological polar surface area (TPSA) is 66.0 Å². The van der Waals surface area contributed by atoms with Crippen LogP contribution in [0, 0.1) is 0 Å². The monoisotopic (exact) mass is 440 g/mol. The van der Waals surface area contributed by atoms with Crippen LogP contribution in [0.15, 0.2) is 4.99 Å². The third-order valence-corrected chi connectivity index (χ3v) is 3.98. The van der Waals surface area contributed by atoms with Crippen LogP contribution in [-0.2, 0) is 9.53 Å². The molecule has 1 rings (SSSR count). The number of rotatable bonds is 10. The van der Waals surface area contributed by atoms with Gasteiger partial charge >= 0.3 is 0 Å². The summed E-state index contributed by atoms with van der Waals surface area (Å²) in [5.41, 5.74) is 0. The Kier molecular flexibility index (Phi) is 13.5. The second kappa shape index (κ2) is 13.8. The molecule has 23 heavy (non-hydrogen) atoms. The van der Waals surface area contributed by atoms with Crippen molar-refractivity contribution in [3.8, 4) is 0 Å². The summed E-state index contributed by atoms with van der Waals surface area (Å²) >= 11 is 0. The van der Waals surface area contributed by atoms with E-state index < -0.39 is 0 Å². The van der Waals surface area contributed by atoms with Gasteiger partial charge in [0.15, 0.2) is 5.96 Å². The Balaban J connectivity index is 0.00000484. The lowest BCUT2D eigenvalue weighted by atomic mass is 10.1. The number of nitrogens with zero attached hydrogens (tertiary/aromatic N) is 2. The number of aliphatic imine (C=N–C) groups is 1. The summed E-state index contributed by atoms with van der Waals surface area (Å²) in [5.74, 6) is 1.13. The zero-order valence-corrected chi connectivity index (χ0v) is 17.1. The molecular formula is C16H33IN4O2. The highest BCUT2D eigenvalue weighted by molar-refractivity contribution is 14.0. The summed E-state index contributed by atoms with van der Waals surface area (Å²) < 4.78 is 5.31. The van der Waals surface area contributed by atoms with Gasteiger partial charge in [-0.2, -0.15) is 0 Å². The average molecular weight is 440 g/mol. The largest absolute Gasteiger partial charge is 0.382 e. The van der Waals surface area contributed by atoms with E-state index in [0.717, 1.165) is 64.5 Å². The predicted molar refractivity (Wildman–Crippen MR) is 106 cm³/mol. The first-order valence-electron chi connectivity index (χ1n) is 8.54. The highest BCUT2D eigenvalue weighted by Gasteiger charge is 2.26. The fourth-order valence-electron chi connectivity index (χ4n) is 2.74. The molecule has 0 bridgehead atoms. The molecule has 1 unspecified atom stereocenters. The minimum Gasteiger partial charge on any atom is -0.382 e. The lowest BCUT2D eigenvalue weighted by Gasteiger charge is -2.27. The Morgan fingerprint density at radius 1 is 1.35 bits per heavy atom. The molecule has 1 atom stereocenters. The summed E-state index contributed by atoms with van der Waals surface area (Å²) in [6.07, 6.45) is 4.66. The number of carbonyl (C=O) groups is 1. The minimum atomic E-state index is 0. The molecule has 6 nitrogen and oxygen atoms in total. The maximum absolute atomic E-state index is 11.8. The van der Waals surface area contributed by atoms with E-state index in [1.165, 1.54) is 0 Å². The third-order valence-electron chi connectivity index (χ3n) is 3.98. The Morgan fingerprint density at radius 3 is 2.65 bits per heavy atom. The van der Waals surface area contributed by atoms with E-state index in [0.29, 0.717) is 18.4 Å². The molecule has 1 amide bonds. The Hall–Kier alpha value is -0.570. The van der Waals surface area contributed by atoms with Crippen molar-refractivity contribution >= 4 is 35.8 Å². The number of carbonyl (C=O) groups excluding carboxylic acids is 1. The molecule has 1 saturated heterocycles. The van der Waals surface area contributed by atoms with Crippen LogP contribution in [0.2, 0.25) is 0 Å². The molecule has 1 fully saturated rings. The first-order valence-corrected chi connectivity index (χ1v) is 8.54. The number of likely N-dealkylation sites (tertiary alicyclic amines) is 1. The van der Waals surface area contributed by atoms with Crippen LogP contribution in [-0.4, -0.2) is 62.7 Å². The summed E-state index contributed by atoms with van der Waals surface area (Å²) in [5, 5.41) is 6.60. The lowest BCUT2D eigenvalue weighted by Crippen LogP contribution is -2.42. The van der Waals surface area contributed by atoms with E-state index in [-0.39, 0.29) is 24.0 Å². The highest BCUT2D eigenvalue weighted by atomic mass is 127. The van der Waals surface area contributed by atoms with Crippen molar-refractivity contribution in [3.63, 3.8) is 0 Å². The van der Waals surface area contributed by atoms with Crippen LogP contribution in [0.4, 0.5) is 0 Å². The van der Waals surface area contributed by atoms with Gasteiger partial charge in [0.1, 0.15) is 0 Å². The molecule has 0 aromatic rings. The molecule has 0 aliphatic carbocycles. The predicted octanol–water partition coefficient (Wildman–Crippen LogP) is 1.99. The minimum absolute atomic E-state index is 0. The third kappa shape index (κ3) is 8.74. The van der Waals surface area contributed by atoms with Gasteiger partial charge in [0.05, 0.1) is 0 Å². The van der Waals surface area contributed by atoms with Crippen molar-refractivity contribution in [2.24, 2.45) is 4.99 Å². The smallest absolute Gasteiger partial charge is 0.222 e. The SMILES string of the molecule is CCOCCCNC(=NC)NCCC(CC)N1CCCC1=O.I. The molecule has 7 heteroatoms. The van der Waals surface area contributed by atoms with Crippen LogP contribution >= 0.6 is 24.0 Å². The standard InChI is InChI=1S/C16H32N4O2.HI/c1-4-14(20-12-6-8-15(20)21)9-11-19-16(17-3)18-10-7-13-22-5-2;/h14H,4-13H2,1-3H3,(H2,17,18,19);1H. The first-order chi connectivity index (χ1) is 10.7. The molecule has 1 heterocycles. The summed E-state index contributed by atoms with van der Waals surface area (Å²) in [7, 11) is 1.78. The van der Waals surface area contributed by atoms with Crippen molar-refractivity contribution in [1.82, 2.24) is 15.5 Å². The van der Waals surface area contributed by atoms with E-state index in [9.17, 15) is 4.79 Å². The molecule has 136 valence electrons. The Labute approximate surface area is 157 Å². The van der Waals surface area contributed by atoms with Crippen LogP contribution in [0.1, 0.15) is 46.0 Å². The van der Waals surface area contributed by atoms with Crippen molar-refractivity contribution in [2.45, 2.75) is 52.0 Å². The maximum Gasteiger partial charge on any atom is 0.222 e. The molecule has 1 aliphatic rings.